The third-order valence-corrected chi connectivity index (χ3v) is 7.04. The second-order valence-corrected chi connectivity index (χ2v) is 9.15. The van der Waals surface area contributed by atoms with Gasteiger partial charge in [-0.05, 0) is 25.0 Å². The number of fused-ring (bicyclic) bond motifs is 5. The summed E-state index contributed by atoms with van der Waals surface area (Å²) in [6.45, 7) is 4.10. The molecule has 2 atom stereocenters. The zero-order valence-electron chi connectivity index (χ0n) is 17.0. The molecule has 3 saturated heterocycles. The van der Waals surface area contributed by atoms with E-state index < -0.39 is 0 Å². The smallest absolute Gasteiger partial charge is 0.281 e. The molecule has 158 valence electrons. The number of hydrogen-bond donors (Lipinski definition) is 0. The summed E-state index contributed by atoms with van der Waals surface area (Å²) in [4.78, 5) is 29.4. The molecule has 3 aliphatic heterocycles. The molecule has 3 fully saturated rings. The van der Waals surface area contributed by atoms with Gasteiger partial charge >= 0.3 is 0 Å². The number of pyridine rings is 2. The highest BCUT2D eigenvalue weighted by Gasteiger charge is 2.40. The predicted octanol–water partition coefficient (Wildman–Crippen LogP) is 3.82. The molecular weight excluding hydrogens is 414 g/mol. The molecule has 3 aliphatic rings. The Bertz CT molecular complexity index is 1250. The Morgan fingerprint density at radius 2 is 2.16 bits per heavy atom. The van der Waals surface area contributed by atoms with Crippen LogP contribution in [0.3, 0.4) is 0 Å². The van der Waals surface area contributed by atoms with Crippen LogP contribution in [0.4, 0.5) is 0 Å². The van der Waals surface area contributed by atoms with E-state index in [1.54, 1.807) is 19.3 Å². The Hall–Kier alpha value is -3.04. The number of furan rings is 1. The topological polar surface area (TPSA) is 84.6 Å². The molecule has 2 unspecified atom stereocenters. The van der Waals surface area contributed by atoms with Crippen molar-refractivity contribution in [2.24, 2.45) is 0 Å². The Labute approximate surface area is 182 Å². The lowest BCUT2D eigenvalue weighted by molar-refractivity contribution is -0.139. The van der Waals surface area contributed by atoms with E-state index in [2.05, 4.69) is 19.9 Å². The van der Waals surface area contributed by atoms with Crippen LogP contribution < -0.4 is 4.74 Å². The maximum atomic E-state index is 11.8. The molecule has 0 radical (unpaired) electrons. The molecule has 4 aromatic rings. The first-order valence-corrected chi connectivity index (χ1v) is 11.2. The third kappa shape index (κ3) is 3.43. The summed E-state index contributed by atoms with van der Waals surface area (Å²) in [5.41, 5.74) is 2.18. The van der Waals surface area contributed by atoms with Crippen LogP contribution in [0.2, 0.25) is 0 Å². The molecule has 0 aliphatic carbocycles. The zero-order valence-corrected chi connectivity index (χ0v) is 17.8. The van der Waals surface area contributed by atoms with Crippen LogP contribution in [-0.4, -0.2) is 55.8 Å². The number of thiazole rings is 1. The fourth-order valence-electron chi connectivity index (χ4n) is 4.67. The van der Waals surface area contributed by atoms with Gasteiger partial charge in [0, 0.05) is 50.4 Å². The van der Waals surface area contributed by atoms with E-state index in [1.165, 1.54) is 11.3 Å². The molecule has 0 aromatic carbocycles. The molecule has 7 heterocycles. The fraction of sp³-hybridized carbons (Fsp3) is 0.364. The molecule has 1 amide bonds. The number of nitrogens with zero attached hydrogens (tertiary/aromatic N) is 5. The van der Waals surface area contributed by atoms with E-state index in [4.69, 9.17) is 9.15 Å². The van der Waals surface area contributed by atoms with Crippen LogP contribution in [0.15, 0.2) is 41.1 Å². The van der Waals surface area contributed by atoms with Gasteiger partial charge < -0.3 is 14.1 Å². The molecule has 9 heteroatoms. The normalized spacial score (nSPS) is 21.3. The lowest BCUT2D eigenvalue weighted by Gasteiger charge is -2.51. The van der Waals surface area contributed by atoms with Gasteiger partial charge in [-0.15, -0.1) is 0 Å². The Morgan fingerprint density at radius 3 is 2.97 bits per heavy atom. The Balaban J connectivity index is 1.19. The summed E-state index contributed by atoms with van der Waals surface area (Å²) in [5.74, 6) is 1.64. The highest BCUT2D eigenvalue weighted by atomic mass is 32.1. The van der Waals surface area contributed by atoms with Crippen molar-refractivity contribution in [3.05, 3.63) is 42.4 Å². The monoisotopic (exact) mass is 435 g/mol. The van der Waals surface area contributed by atoms with Gasteiger partial charge in [-0.1, -0.05) is 11.3 Å². The summed E-state index contributed by atoms with van der Waals surface area (Å²) < 4.78 is 13.0. The number of amides is 1. The number of ether oxygens (including phenoxy) is 1. The van der Waals surface area contributed by atoms with Crippen LogP contribution in [0.5, 0.6) is 10.9 Å². The number of hydrogen-bond acceptors (Lipinski definition) is 8. The number of piperidine rings is 2. The quantitative estimate of drug-likeness (QED) is 0.482. The molecule has 2 bridgehead atoms. The van der Waals surface area contributed by atoms with Crippen molar-refractivity contribution >= 4 is 38.7 Å². The molecule has 0 spiro atoms. The first kappa shape index (κ1) is 18.7. The van der Waals surface area contributed by atoms with Gasteiger partial charge in [-0.2, -0.15) is 4.98 Å². The van der Waals surface area contributed by atoms with Gasteiger partial charge in [0.25, 0.3) is 5.19 Å². The second-order valence-electron chi connectivity index (χ2n) is 8.16. The minimum absolute atomic E-state index is 0.179. The average molecular weight is 436 g/mol. The minimum atomic E-state index is 0.179. The number of piperazine rings is 1. The van der Waals surface area contributed by atoms with Gasteiger partial charge in [-0.3, -0.25) is 9.69 Å². The Morgan fingerprint density at radius 1 is 1.26 bits per heavy atom. The standard InChI is InChI=1S/C22H21N5O3S/c1-13(28)27-11-14-4-5-15(27)10-26(14)12-17-7-18-19(29-17)8-16(9-24-18)30-22-25-21-20(31-22)3-2-6-23-21/h2-3,6-9,14-15H,4-5,10-12H2,1H3. The number of rotatable bonds is 4. The van der Waals surface area contributed by atoms with Crippen molar-refractivity contribution in [3.8, 4) is 10.9 Å². The summed E-state index contributed by atoms with van der Waals surface area (Å²) >= 11 is 1.45. The van der Waals surface area contributed by atoms with Crippen molar-refractivity contribution in [1.29, 1.82) is 0 Å². The van der Waals surface area contributed by atoms with Crippen molar-refractivity contribution in [3.63, 3.8) is 0 Å². The second kappa shape index (κ2) is 7.28. The van der Waals surface area contributed by atoms with Crippen LogP contribution in [0, 0.1) is 0 Å². The lowest BCUT2D eigenvalue weighted by Crippen LogP contribution is -2.63. The minimum Gasteiger partial charge on any atom is -0.458 e. The van der Waals surface area contributed by atoms with E-state index in [0.717, 1.165) is 48.5 Å². The fourth-order valence-corrected chi connectivity index (χ4v) is 5.47. The van der Waals surface area contributed by atoms with Crippen molar-refractivity contribution in [1.82, 2.24) is 24.8 Å². The average Bonchev–Trinajstić information content (AvgIpc) is 3.36. The predicted molar refractivity (Wildman–Crippen MR) is 116 cm³/mol. The maximum Gasteiger partial charge on any atom is 0.281 e. The van der Waals surface area contributed by atoms with Crippen LogP contribution in [0.25, 0.3) is 21.4 Å². The van der Waals surface area contributed by atoms with Crippen molar-refractivity contribution in [2.45, 2.75) is 38.4 Å². The van der Waals surface area contributed by atoms with Crippen LogP contribution >= 0.6 is 11.3 Å². The first-order chi connectivity index (χ1) is 15.1. The van der Waals surface area contributed by atoms with E-state index in [1.807, 2.05) is 29.2 Å². The molecule has 7 rings (SSSR count). The summed E-state index contributed by atoms with van der Waals surface area (Å²) in [6.07, 6.45) is 5.62. The van der Waals surface area contributed by atoms with Crippen molar-refractivity contribution in [2.75, 3.05) is 13.1 Å². The highest BCUT2D eigenvalue weighted by Crippen LogP contribution is 2.33. The largest absolute Gasteiger partial charge is 0.458 e. The lowest BCUT2D eigenvalue weighted by atomic mass is 9.90. The molecule has 8 nitrogen and oxygen atoms in total. The molecule has 31 heavy (non-hydrogen) atoms. The summed E-state index contributed by atoms with van der Waals surface area (Å²) in [6, 6.07) is 8.40. The van der Waals surface area contributed by atoms with Gasteiger partial charge in [0.2, 0.25) is 5.91 Å². The third-order valence-electron chi connectivity index (χ3n) is 6.15. The maximum absolute atomic E-state index is 11.8. The number of carbonyl (C=O) groups is 1. The van der Waals surface area contributed by atoms with Gasteiger partial charge in [-0.25, -0.2) is 9.97 Å². The van der Waals surface area contributed by atoms with Gasteiger partial charge in [0.05, 0.1) is 17.4 Å². The number of aromatic nitrogens is 3. The SMILES string of the molecule is CC(=O)N1CC2CCC1CN2Cc1cc2ncc(Oc3nc4ncccc4s3)cc2o1. The first-order valence-electron chi connectivity index (χ1n) is 10.4. The summed E-state index contributed by atoms with van der Waals surface area (Å²) in [5, 5.41) is 0.529. The zero-order chi connectivity index (χ0) is 20.9. The van der Waals surface area contributed by atoms with Crippen molar-refractivity contribution < 1.29 is 13.9 Å². The highest BCUT2D eigenvalue weighted by molar-refractivity contribution is 7.20. The van der Waals surface area contributed by atoms with Gasteiger partial charge in [0.1, 0.15) is 11.3 Å². The molecule has 0 N–H and O–H groups in total. The molecular formula is C22H21N5O3S. The Kier molecular flexibility index (Phi) is 4.39. The van der Waals surface area contributed by atoms with Gasteiger partial charge in [0.15, 0.2) is 17.0 Å². The summed E-state index contributed by atoms with van der Waals surface area (Å²) in [7, 11) is 0. The number of carbonyl (C=O) groups excluding carboxylic acids is 1. The van der Waals surface area contributed by atoms with Crippen LogP contribution in [-0.2, 0) is 11.3 Å². The van der Waals surface area contributed by atoms with E-state index in [-0.39, 0.29) is 5.91 Å². The molecule has 0 saturated carbocycles. The van der Waals surface area contributed by atoms with E-state index >= 15 is 0 Å². The van der Waals surface area contributed by atoms with Crippen LogP contribution in [0.1, 0.15) is 25.5 Å². The van der Waals surface area contributed by atoms with E-state index in [0.29, 0.717) is 34.3 Å². The van der Waals surface area contributed by atoms with E-state index in [9.17, 15) is 4.79 Å². The molecule has 4 aromatic heterocycles.